The lowest BCUT2D eigenvalue weighted by molar-refractivity contribution is -0.141. The van der Waals surface area contributed by atoms with Gasteiger partial charge in [0.1, 0.15) is 11.4 Å². The number of hydrogen-bond donors (Lipinski definition) is 1. The summed E-state index contributed by atoms with van der Waals surface area (Å²) in [4.78, 5) is 3.04. The van der Waals surface area contributed by atoms with Gasteiger partial charge >= 0.3 is 6.18 Å². The van der Waals surface area contributed by atoms with E-state index in [1.54, 1.807) is 6.07 Å². The van der Waals surface area contributed by atoms with E-state index in [9.17, 15) is 13.2 Å². The van der Waals surface area contributed by atoms with Crippen LogP contribution in [-0.4, -0.2) is 10.1 Å². The molecule has 0 atom stereocenters. The van der Waals surface area contributed by atoms with Crippen molar-refractivity contribution in [2.45, 2.75) is 12.6 Å². The Balaban J connectivity index is 3.23. The normalized spacial score (nSPS) is 11.0. The third kappa shape index (κ3) is 2.13. The topological polar surface area (TPSA) is 56.9 Å². The Morgan fingerprint density at radius 2 is 2.14 bits per heavy atom. The molecule has 0 saturated carbocycles. The number of nitrogens with zero attached hydrogens (tertiary/aromatic N) is 2. The lowest BCUT2D eigenvalue weighted by Gasteiger charge is -2.09. The van der Waals surface area contributed by atoms with Crippen molar-refractivity contribution in [3.63, 3.8) is 0 Å². The van der Waals surface area contributed by atoms with Crippen LogP contribution in [0.3, 0.4) is 0 Å². The Labute approximate surface area is 77.4 Å². The monoisotopic (exact) mass is 202 g/mol. The summed E-state index contributed by atoms with van der Waals surface area (Å²) in [6, 6.07) is 2.46. The molecular weight excluding hydrogens is 197 g/mol. The second kappa shape index (κ2) is 3.54. The third-order valence-corrected chi connectivity index (χ3v) is 1.49. The van der Waals surface area contributed by atoms with Gasteiger partial charge < -0.3 is 5.11 Å². The first-order valence-electron chi connectivity index (χ1n) is 3.57. The van der Waals surface area contributed by atoms with Crippen LogP contribution in [0.25, 0.3) is 0 Å². The van der Waals surface area contributed by atoms with E-state index in [-0.39, 0.29) is 11.3 Å². The molecule has 0 aliphatic rings. The first-order chi connectivity index (χ1) is 6.45. The highest BCUT2D eigenvalue weighted by atomic mass is 19.4. The lowest BCUT2D eigenvalue weighted by atomic mass is 10.1. The molecule has 1 N–H and O–H groups in total. The minimum atomic E-state index is -4.60. The van der Waals surface area contributed by atoms with E-state index in [1.807, 2.05) is 0 Å². The quantitative estimate of drug-likeness (QED) is 0.756. The maximum Gasteiger partial charge on any atom is 0.433 e. The third-order valence-electron chi connectivity index (χ3n) is 1.49. The molecule has 3 nitrogen and oxygen atoms in total. The average Bonchev–Trinajstić information content (AvgIpc) is 2.02. The predicted octanol–water partition coefficient (Wildman–Crippen LogP) is 1.87. The molecular formula is C8H5F3N2O. The molecule has 0 aliphatic carbocycles. The molecule has 1 rings (SSSR count). The minimum Gasteiger partial charge on any atom is -0.506 e. The van der Waals surface area contributed by atoms with Crippen LogP contribution in [0.4, 0.5) is 13.2 Å². The van der Waals surface area contributed by atoms with Crippen molar-refractivity contribution < 1.29 is 18.3 Å². The van der Waals surface area contributed by atoms with Gasteiger partial charge in [0.15, 0.2) is 0 Å². The fourth-order valence-corrected chi connectivity index (χ4v) is 0.973. The summed E-state index contributed by atoms with van der Waals surface area (Å²) < 4.78 is 36.7. The van der Waals surface area contributed by atoms with E-state index in [4.69, 9.17) is 10.4 Å². The van der Waals surface area contributed by atoms with Crippen molar-refractivity contribution in [1.82, 2.24) is 4.98 Å². The number of halogens is 3. The molecule has 74 valence electrons. The summed E-state index contributed by atoms with van der Waals surface area (Å²) in [5, 5.41) is 17.2. The van der Waals surface area contributed by atoms with Crippen molar-refractivity contribution in [2.24, 2.45) is 0 Å². The predicted molar refractivity (Wildman–Crippen MR) is 40.2 cm³/mol. The van der Waals surface area contributed by atoms with Crippen LogP contribution in [-0.2, 0) is 12.6 Å². The smallest absolute Gasteiger partial charge is 0.433 e. The summed E-state index contributed by atoms with van der Waals surface area (Å²) in [6.07, 6.45) is -4.33. The summed E-state index contributed by atoms with van der Waals surface area (Å²) in [7, 11) is 0. The molecule has 0 amide bonds. The summed E-state index contributed by atoms with van der Waals surface area (Å²) >= 11 is 0. The number of hydrogen-bond acceptors (Lipinski definition) is 3. The molecule has 0 radical (unpaired) electrons. The Bertz CT molecular complexity index is 381. The summed E-state index contributed by atoms with van der Waals surface area (Å²) in [5.41, 5.74) is -1.45. The fourth-order valence-electron chi connectivity index (χ4n) is 0.973. The van der Waals surface area contributed by atoms with E-state index in [2.05, 4.69) is 4.98 Å². The molecule has 1 aromatic rings. The van der Waals surface area contributed by atoms with Crippen molar-refractivity contribution in [1.29, 1.82) is 5.26 Å². The number of nitriles is 1. The zero-order valence-corrected chi connectivity index (χ0v) is 6.84. The molecule has 0 fully saturated rings. The Hall–Kier alpha value is -1.77. The van der Waals surface area contributed by atoms with Gasteiger partial charge in [0.2, 0.25) is 0 Å². The van der Waals surface area contributed by atoms with Crippen LogP contribution in [0.1, 0.15) is 11.3 Å². The zero-order valence-electron chi connectivity index (χ0n) is 6.84. The molecule has 0 spiro atoms. The average molecular weight is 202 g/mol. The Morgan fingerprint density at radius 3 is 2.64 bits per heavy atom. The van der Waals surface area contributed by atoms with Gasteiger partial charge in [-0.3, -0.25) is 0 Å². The van der Waals surface area contributed by atoms with Crippen molar-refractivity contribution in [2.75, 3.05) is 0 Å². The van der Waals surface area contributed by atoms with E-state index < -0.39 is 18.3 Å². The second-order valence-electron chi connectivity index (χ2n) is 2.53. The largest absolute Gasteiger partial charge is 0.506 e. The number of aromatic nitrogens is 1. The highest BCUT2D eigenvalue weighted by molar-refractivity contribution is 5.31. The number of aromatic hydroxyl groups is 1. The van der Waals surface area contributed by atoms with Gasteiger partial charge in [-0.2, -0.15) is 18.4 Å². The van der Waals surface area contributed by atoms with Gasteiger partial charge in [0, 0.05) is 5.56 Å². The van der Waals surface area contributed by atoms with Crippen LogP contribution >= 0.6 is 0 Å². The lowest BCUT2D eigenvalue weighted by Crippen LogP contribution is -2.11. The standard InChI is InChI=1S/C8H5F3N2O/c9-8(10,11)7-5(1-2-12)3-6(14)4-13-7/h3-4,14H,1H2. The van der Waals surface area contributed by atoms with Crippen LogP contribution in [0.5, 0.6) is 5.75 Å². The van der Waals surface area contributed by atoms with Crippen LogP contribution < -0.4 is 0 Å². The van der Waals surface area contributed by atoms with Gasteiger partial charge in [0.05, 0.1) is 18.7 Å². The first kappa shape index (κ1) is 10.3. The number of alkyl halides is 3. The number of rotatable bonds is 1. The summed E-state index contributed by atoms with van der Waals surface area (Å²) in [6.45, 7) is 0. The minimum absolute atomic E-state index is 0.319. The van der Waals surface area contributed by atoms with Crippen LogP contribution in [0.2, 0.25) is 0 Å². The molecule has 0 bridgehead atoms. The number of pyridine rings is 1. The van der Waals surface area contributed by atoms with E-state index in [1.165, 1.54) is 0 Å². The molecule has 0 aliphatic heterocycles. The molecule has 14 heavy (non-hydrogen) atoms. The van der Waals surface area contributed by atoms with Crippen LogP contribution in [0, 0.1) is 11.3 Å². The maximum absolute atomic E-state index is 12.2. The SMILES string of the molecule is N#CCc1cc(O)cnc1C(F)(F)F. The molecule has 0 saturated heterocycles. The fraction of sp³-hybridized carbons (Fsp3) is 0.250. The van der Waals surface area contributed by atoms with Crippen molar-refractivity contribution >= 4 is 0 Å². The molecule has 0 unspecified atom stereocenters. The second-order valence-corrected chi connectivity index (χ2v) is 2.53. The first-order valence-corrected chi connectivity index (χ1v) is 3.57. The van der Waals surface area contributed by atoms with Gasteiger partial charge in [0.25, 0.3) is 0 Å². The summed E-state index contributed by atoms with van der Waals surface area (Å²) in [5.74, 6) is -0.386. The van der Waals surface area contributed by atoms with E-state index in [0.29, 0.717) is 6.20 Å². The zero-order chi connectivity index (χ0) is 10.8. The Morgan fingerprint density at radius 1 is 1.50 bits per heavy atom. The molecule has 0 aromatic carbocycles. The van der Waals surface area contributed by atoms with Crippen molar-refractivity contribution in [3.05, 3.63) is 23.5 Å². The van der Waals surface area contributed by atoms with Gasteiger partial charge in [-0.15, -0.1) is 0 Å². The highest BCUT2D eigenvalue weighted by Gasteiger charge is 2.35. The van der Waals surface area contributed by atoms with Crippen LogP contribution in [0.15, 0.2) is 12.3 Å². The van der Waals surface area contributed by atoms with E-state index >= 15 is 0 Å². The van der Waals surface area contributed by atoms with Gasteiger partial charge in [-0.05, 0) is 6.07 Å². The highest BCUT2D eigenvalue weighted by Crippen LogP contribution is 2.31. The molecule has 1 aromatic heterocycles. The van der Waals surface area contributed by atoms with Crippen molar-refractivity contribution in [3.8, 4) is 11.8 Å². The van der Waals surface area contributed by atoms with E-state index in [0.717, 1.165) is 6.07 Å². The Kier molecular flexibility index (Phi) is 2.60. The van der Waals surface area contributed by atoms with Gasteiger partial charge in [-0.1, -0.05) is 0 Å². The molecule has 6 heteroatoms. The molecule has 1 heterocycles. The maximum atomic E-state index is 12.2. The van der Waals surface area contributed by atoms with Gasteiger partial charge in [-0.25, -0.2) is 4.98 Å².